The predicted molar refractivity (Wildman–Crippen MR) is 124 cm³/mol. The van der Waals surface area contributed by atoms with Crippen molar-refractivity contribution in [1.29, 1.82) is 0 Å². The first-order chi connectivity index (χ1) is 16.3. The maximum absolute atomic E-state index is 15.0. The summed E-state index contributed by atoms with van der Waals surface area (Å²) in [5.74, 6) is -6.21. The summed E-state index contributed by atoms with van der Waals surface area (Å²) in [5.41, 5.74) is -0.771. The number of benzene rings is 1. The van der Waals surface area contributed by atoms with Gasteiger partial charge in [0.15, 0.2) is 5.78 Å². The van der Waals surface area contributed by atoms with Crippen LogP contribution in [-0.2, 0) is 4.79 Å². The summed E-state index contributed by atoms with van der Waals surface area (Å²) >= 11 is 1.56. The average molecular weight is 513 g/mol. The maximum Gasteiger partial charge on any atom is 0.456 e. The molecule has 1 aromatic rings. The number of carbonyl (C=O) groups excluding carboxylic acids is 1. The van der Waals surface area contributed by atoms with Crippen molar-refractivity contribution in [3.8, 4) is 0 Å². The second-order valence-corrected chi connectivity index (χ2v) is 11.6. The fraction of sp³-hybridized carbons (Fsp3) is 0.593. The number of fused-ring (bicyclic) bond motifs is 4. The van der Waals surface area contributed by atoms with Crippen molar-refractivity contribution >= 4 is 17.5 Å². The van der Waals surface area contributed by atoms with Gasteiger partial charge in [0.25, 0.3) is 0 Å². The second-order valence-electron chi connectivity index (χ2n) is 10.7. The Morgan fingerprint density at radius 2 is 1.71 bits per heavy atom. The van der Waals surface area contributed by atoms with E-state index in [1.807, 2.05) is 30.5 Å². The number of alkyl halides is 5. The lowest BCUT2D eigenvalue weighted by Gasteiger charge is -2.56. The Morgan fingerprint density at radius 1 is 1.03 bits per heavy atom. The average Bonchev–Trinajstić information content (AvgIpc) is 3.09. The molecule has 8 heteroatoms. The van der Waals surface area contributed by atoms with Gasteiger partial charge in [-0.2, -0.15) is 22.0 Å². The Bertz CT molecular complexity index is 1110. The van der Waals surface area contributed by atoms with Gasteiger partial charge in [-0.25, -0.2) is 0 Å². The molecule has 0 radical (unpaired) electrons. The van der Waals surface area contributed by atoms with Crippen LogP contribution >= 0.6 is 11.8 Å². The van der Waals surface area contributed by atoms with E-state index in [9.17, 15) is 31.9 Å². The zero-order chi connectivity index (χ0) is 25.4. The summed E-state index contributed by atoms with van der Waals surface area (Å²) in [6.07, 6.45) is -0.513. The van der Waals surface area contributed by atoms with Crippen LogP contribution in [0.2, 0.25) is 0 Å². The first-order valence-corrected chi connectivity index (χ1v) is 13.3. The molecule has 0 heterocycles. The predicted octanol–water partition coefficient (Wildman–Crippen LogP) is 7.24. The zero-order valence-corrected chi connectivity index (χ0v) is 20.5. The highest BCUT2D eigenvalue weighted by atomic mass is 32.2. The lowest BCUT2D eigenvalue weighted by Crippen LogP contribution is -2.65. The minimum atomic E-state index is -5.83. The Kier molecular flexibility index (Phi) is 5.83. The van der Waals surface area contributed by atoms with E-state index in [1.165, 1.54) is 6.92 Å². The van der Waals surface area contributed by atoms with E-state index in [0.717, 1.165) is 27.2 Å². The smallest absolute Gasteiger partial charge is 0.383 e. The normalized spacial score (nSPS) is 35.4. The largest absolute Gasteiger partial charge is 0.456 e. The number of carbonyl (C=O) groups is 1. The van der Waals surface area contributed by atoms with E-state index in [4.69, 9.17) is 0 Å². The Labute approximate surface area is 206 Å². The van der Waals surface area contributed by atoms with Gasteiger partial charge in [0.05, 0.1) is 0 Å². The Balaban J connectivity index is 1.68. The molecule has 1 N–H and O–H groups in total. The molecule has 0 aromatic heterocycles. The SMILES string of the molecule is CSc1ccc(C2CC3(C)C(CCC3(O)C(F)(F)C(F)(F)F)C3CCC4=CC(=O)CCC4=C23)cc1. The molecule has 5 atom stereocenters. The molecule has 190 valence electrons. The van der Waals surface area contributed by atoms with Gasteiger partial charge >= 0.3 is 12.1 Å². The monoisotopic (exact) mass is 512 g/mol. The number of ketones is 1. The van der Waals surface area contributed by atoms with Gasteiger partial charge in [-0.15, -0.1) is 11.8 Å². The molecule has 4 aliphatic carbocycles. The molecule has 2 fully saturated rings. The number of allylic oxidation sites excluding steroid dienone is 4. The van der Waals surface area contributed by atoms with Crippen LogP contribution in [0.15, 0.2) is 52.0 Å². The molecule has 5 unspecified atom stereocenters. The number of hydrogen-bond acceptors (Lipinski definition) is 3. The molecular formula is C27H29F5O2S. The molecule has 5 rings (SSSR count). The minimum Gasteiger partial charge on any atom is -0.383 e. The van der Waals surface area contributed by atoms with Crippen LogP contribution in [-0.4, -0.2) is 34.8 Å². The van der Waals surface area contributed by atoms with Gasteiger partial charge in [-0.3, -0.25) is 4.79 Å². The van der Waals surface area contributed by atoms with E-state index in [0.29, 0.717) is 25.7 Å². The van der Waals surface area contributed by atoms with Crippen LogP contribution in [0, 0.1) is 17.3 Å². The van der Waals surface area contributed by atoms with Crippen molar-refractivity contribution in [1.82, 2.24) is 0 Å². The van der Waals surface area contributed by atoms with Crippen molar-refractivity contribution in [2.75, 3.05) is 6.26 Å². The summed E-state index contributed by atoms with van der Waals surface area (Å²) in [5, 5.41) is 11.3. The molecule has 35 heavy (non-hydrogen) atoms. The van der Waals surface area contributed by atoms with Crippen molar-refractivity contribution < 1.29 is 31.9 Å². The topological polar surface area (TPSA) is 37.3 Å². The number of thioether (sulfide) groups is 1. The summed E-state index contributed by atoms with van der Waals surface area (Å²) < 4.78 is 70.7. The first kappa shape index (κ1) is 25.0. The van der Waals surface area contributed by atoms with Crippen molar-refractivity contribution in [2.24, 2.45) is 17.3 Å². The molecule has 0 aliphatic heterocycles. The summed E-state index contributed by atoms with van der Waals surface area (Å²) in [4.78, 5) is 13.1. The lowest BCUT2D eigenvalue weighted by molar-refractivity contribution is -0.362. The van der Waals surface area contributed by atoms with Crippen molar-refractivity contribution in [2.45, 2.75) is 80.4 Å². The van der Waals surface area contributed by atoms with E-state index >= 15 is 0 Å². The summed E-state index contributed by atoms with van der Waals surface area (Å²) in [6.45, 7) is 1.45. The standard InChI is InChI=1S/C27H29F5O2S/c1-24-14-21(15-3-7-18(35-2)8-4-15)23-19-10-6-17(33)13-16(19)5-9-20(23)22(24)11-12-25(24,34)26(28,29)27(30,31)32/h3-4,7-8,13,20-22,34H,5-6,9-12,14H2,1-2H3. The number of halogens is 5. The van der Waals surface area contributed by atoms with Crippen LogP contribution in [0.1, 0.15) is 63.4 Å². The summed E-state index contributed by atoms with van der Waals surface area (Å²) in [7, 11) is 0. The molecule has 0 bridgehead atoms. The molecule has 0 spiro atoms. The second kappa shape index (κ2) is 8.17. The highest BCUT2D eigenvalue weighted by Crippen LogP contribution is 2.70. The molecule has 2 nitrogen and oxygen atoms in total. The summed E-state index contributed by atoms with van der Waals surface area (Å²) in [6, 6.07) is 7.72. The molecule has 0 saturated heterocycles. The fourth-order valence-corrected chi connectivity index (χ4v) is 7.96. The van der Waals surface area contributed by atoms with Gasteiger partial charge in [-0.05, 0) is 91.5 Å². The third kappa shape index (κ3) is 3.49. The van der Waals surface area contributed by atoms with E-state index in [-0.39, 0.29) is 24.5 Å². The molecule has 1 aromatic carbocycles. The van der Waals surface area contributed by atoms with Gasteiger partial charge in [0.1, 0.15) is 5.60 Å². The van der Waals surface area contributed by atoms with Crippen molar-refractivity contribution in [3.63, 3.8) is 0 Å². The quantitative estimate of drug-likeness (QED) is 0.343. The fourth-order valence-electron chi connectivity index (χ4n) is 7.55. The van der Waals surface area contributed by atoms with Crippen LogP contribution in [0.25, 0.3) is 0 Å². The molecule has 2 saturated carbocycles. The number of hydrogen-bond donors (Lipinski definition) is 1. The van der Waals surface area contributed by atoms with Crippen LogP contribution in [0.5, 0.6) is 0 Å². The molecule has 0 amide bonds. The van der Waals surface area contributed by atoms with E-state index in [2.05, 4.69) is 0 Å². The van der Waals surface area contributed by atoms with Crippen molar-refractivity contribution in [3.05, 3.63) is 52.6 Å². The van der Waals surface area contributed by atoms with Crippen LogP contribution in [0.4, 0.5) is 22.0 Å². The van der Waals surface area contributed by atoms with Gasteiger partial charge in [0, 0.05) is 22.6 Å². The number of aliphatic hydroxyl groups is 1. The van der Waals surface area contributed by atoms with Gasteiger partial charge in [0.2, 0.25) is 0 Å². The van der Waals surface area contributed by atoms with Gasteiger partial charge < -0.3 is 5.11 Å². The number of rotatable bonds is 3. The maximum atomic E-state index is 15.0. The third-order valence-electron chi connectivity index (χ3n) is 9.28. The highest BCUT2D eigenvalue weighted by Gasteiger charge is 2.79. The zero-order valence-electron chi connectivity index (χ0n) is 19.7. The molecule has 4 aliphatic rings. The van der Waals surface area contributed by atoms with E-state index in [1.54, 1.807) is 17.8 Å². The van der Waals surface area contributed by atoms with E-state index < -0.39 is 41.4 Å². The first-order valence-electron chi connectivity index (χ1n) is 12.1. The third-order valence-corrected chi connectivity index (χ3v) is 10.0. The lowest BCUT2D eigenvalue weighted by atomic mass is 9.50. The Morgan fingerprint density at radius 3 is 2.34 bits per heavy atom. The van der Waals surface area contributed by atoms with Gasteiger partial charge in [-0.1, -0.05) is 24.6 Å². The highest BCUT2D eigenvalue weighted by molar-refractivity contribution is 7.98. The molecular weight excluding hydrogens is 483 g/mol. The minimum absolute atomic E-state index is 0.00894. The van der Waals surface area contributed by atoms with Crippen LogP contribution in [0.3, 0.4) is 0 Å². The Hall–Kier alpha value is -1.67. The van der Waals surface area contributed by atoms with Crippen LogP contribution < -0.4 is 0 Å².